The maximum atomic E-state index is 4.59. The number of hydrogen-bond donors (Lipinski definition) is 1. The van der Waals surface area contributed by atoms with Crippen molar-refractivity contribution in [3.63, 3.8) is 0 Å². The summed E-state index contributed by atoms with van der Waals surface area (Å²) < 4.78 is 0. The van der Waals surface area contributed by atoms with Crippen molar-refractivity contribution in [2.24, 2.45) is 5.41 Å². The van der Waals surface area contributed by atoms with Crippen molar-refractivity contribution in [1.82, 2.24) is 0 Å². The molecule has 0 aromatic heterocycles. The molecule has 0 spiro atoms. The Morgan fingerprint density at radius 1 is 1.11 bits per heavy atom. The first-order valence-electron chi connectivity index (χ1n) is 7.04. The predicted octanol–water partition coefficient (Wildman–Crippen LogP) is 4.56. The van der Waals surface area contributed by atoms with Crippen molar-refractivity contribution in [3.05, 3.63) is 29.8 Å². The number of rotatable bonds is 7. The van der Waals surface area contributed by atoms with Crippen LogP contribution in [0.3, 0.4) is 0 Å². The van der Waals surface area contributed by atoms with Crippen LogP contribution in [-0.4, -0.2) is 18.8 Å². The van der Waals surface area contributed by atoms with Crippen molar-refractivity contribution in [3.8, 4) is 0 Å². The molecule has 0 unspecified atom stereocenters. The molecule has 0 aliphatic heterocycles. The van der Waals surface area contributed by atoms with Gasteiger partial charge in [-0.1, -0.05) is 32.0 Å². The SMILES string of the molecule is CCN(CC(CC)(CC)CS)c1ccccc1C. The van der Waals surface area contributed by atoms with Crippen LogP contribution in [0.5, 0.6) is 0 Å². The Morgan fingerprint density at radius 3 is 2.17 bits per heavy atom. The Labute approximate surface area is 118 Å². The molecule has 1 aromatic carbocycles. The van der Waals surface area contributed by atoms with Crippen LogP contribution in [0.15, 0.2) is 24.3 Å². The average Bonchev–Trinajstić information content (AvgIpc) is 2.42. The molecule has 0 amide bonds. The molecule has 0 heterocycles. The highest BCUT2D eigenvalue weighted by molar-refractivity contribution is 7.80. The molecule has 0 fully saturated rings. The molecule has 2 heteroatoms. The van der Waals surface area contributed by atoms with E-state index < -0.39 is 0 Å². The highest BCUT2D eigenvalue weighted by atomic mass is 32.1. The van der Waals surface area contributed by atoms with Crippen LogP contribution in [0.4, 0.5) is 5.69 Å². The van der Waals surface area contributed by atoms with Gasteiger partial charge in [0.1, 0.15) is 0 Å². The summed E-state index contributed by atoms with van der Waals surface area (Å²) >= 11 is 4.59. The molecule has 0 atom stereocenters. The van der Waals surface area contributed by atoms with Crippen LogP contribution >= 0.6 is 12.6 Å². The second-order valence-corrected chi connectivity index (χ2v) is 5.48. The van der Waals surface area contributed by atoms with Gasteiger partial charge in [0.05, 0.1) is 0 Å². The van der Waals surface area contributed by atoms with E-state index in [-0.39, 0.29) is 0 Å². The summed E-state index contributed by atoms with van der Waals surface area (Å²) in [6.07, 6.45) is 2.38. The van der Waals surface area contributed by atoms with Crippen LogP contribution in [0.1, 0.15) is 39.2 Å². The minimum absolute atomic E-state index is 0.335. The molecule has 0 aliphatic carbocycles. The van der Waals surface area contributed by atoms with Gasteiger partial charge < -0.3 is 4.90 Å². The Morgan fingerprint density at radius 2 is 1.72 bits per heavy atom. The smallest absolute Gasteiger partial charge is 0.0396 e. The number of thiol groups is 1. The maximum Gasteiger partial charge on any atom is 0.0396 e. The number of para-hydroxylation sites is 1. The second kappa shape index (κ2) is 7.08. The van der Waals surface area contributed by atoms with Gasteiger partial charge in [0, 0.05) is 18.8 Å². The van der Waals surface area contributed by atoms with Gasteiger partial charge in [0.15, 0.2) is 0 Å². The van der Waals surface area contributed by atoms with E-state index in [9.17, 15) is 0 Å². The van der Waals surface area contributed by atoms with Crippen molar-refractivity contribution in [1.29, 1.82) is 0 Å². The Hall–Kier alpha value is -0.630. The zero-order chi connectivity index (χ0) is 13.6. The standard InChI is InChI=1S/C16H27NS/c1-5-16(6-2,13-18)12-17(7-3)15-11-9-8-10-14(15)4/h8-11,18H,5-7,12-13H2,1-4H3. The number of anilines is 1. The van der Waals surface area contributed by atoms with Gasteiger partial charge in [0.25, 0.3) is 0 Å². The number of aryl methyl sites for hydroxylation is 1. The summed E-state index contributed by atoms with van der Waals surface area (Å²) in [4.78, 5) is 2.50. The maximum absolute atomic E-state index is 4.59. The quantitative estimate of drug-likeness (QED) is 0.707. The van der Waals surface area contributed by atoms with Gasteiger partial charge in [0.2, 0.25) is 0 Å². The molecule has 0 aliphatic rings. The van der Waals surface area contributed by atoms with Crippen molar-refractivity contribution in [2.45, 2.75) is 40.5 Å². The fourth-order valence-electron chi connectivity index (χ4n) is 2.44. The van der Waals surface area contributed by atoms with Gasteiger partial charge in [-0.25, -0.2) is 0 Å². The Kier molecular flexibility index (Phi) is 6.07. The molecule has 0 bridgehead atoms. The summed E-state index contributed by atoms with van der Waals surface area (Å²) in [6.45, 7) is 11.2. The van der Waals surface area contributed by atoms with Crippen LogP contribution in [0, 0.1) is 12.3 Å². The topological polar surface area (TPSA) is 3.24 Å². The van der Waals surface area contributed by atoms with E-state index in [1.54, 1.807) is 0 Å². The summed E-state index contributed by atoms with van der Waals surface area (Å²) in [6, 6.07) is 8.66. The van der Waals surface area contributed by atoms with E-state index in [1.165, 1.54) is 24.1 Å². The van der Waals surface area contributed by atoms with E-state index in [2.05, 4.69) is 69.5 Å². The zero-order valence-electron chi connectivity index (χ0n) is 12.2. The van der Waals surface area contributed by atoms with E-state index in [1.807, 2.05) is 0 Å². The van der Waals surface area contributed by atoms with Gasteiger partial charge in [-0.05, 0) is 49.5 Å². The van der Waals surface area contributed by atoms with Gasteiger partial charge in [-0.3, -0.25) is 0 Å². The molecule has 1 rings (SSSR count). The van der Waals surface area contributed by atoms with Crippen molar-refractivity contribution >= 4 is 18.3 Å². The third-order valence-corrected chi connectivity index (χ3v) is 4.87. The van der Waals surface area contributed by atoms with E-state index in [0.717, 1.165) is 18.8 Å². The first kappa shape index (κ1) is 15.4. The highest BCUT2D eigenvalue weighted by Crippen LogP contribution is 2.31. The average molecular weight is 265 g/mol. The molecule has 0 N–H and O–H groups in total. The molecule has 0 saturated heterocycles. The number of hydrogen-bond acceptors (Lipinski definition) is 2. The van der Waals surface area contributed by atoms with Crippen molar-refractivity contribution < 1.29 is 0 Å². The molecular formula is C16H27NS. The Balaban J connectivity index is 2.94. The van der Waals surface area contributed by atoms with Crippen LogP contribution in [-0.2, 0) is 0 Å². The fraction of sp³-hybridized carbons (Fsp3) is 0.625. The third-order valence-electron chi connectivity index (χ3n) is 4.20. The first-order chi connectivity index (χ1) is 8.62. The second-order valence-electron chi connectivity index (χ2n) is 5.17. The van der Waals surface area contributed by atoms with Gasteiger partial charge >= 0.3 is 0 Å². The molecule has 1 aromatic rings. The largest absolute Gasteiger partial charge is 0.371 e. The number of nitrogens with zero attached hydrogens (tertiary/aromatic N) is 1. The highest BCUT2D eigenvalue weighted by Gasteiger charge is 2.27. The van der Waals surface area contributed by atoms with Gasteiger partial charge in [-0.2, -0.15) is 12.6 Å². The van der Waals surface area contributed by atoms with Crippen LogP contribution in [0.2, 0.25) is 0 Å². The van der Waals surface area contributed by atoms with Gasteiger partial charge in [-0.15, -0.1) is 0 Å². The zero-order valence-corrected chi connectivity index (χ0v) is 13.1. The van der Waals surface area contributed by atoms with E-state index >= 15 is 0 Å². The van der Waals surface area contributed by atoms with Crippen LogP contribution in [0.25, 0.3) is 0 Å². The van der Waals surface area contributed by atoms with E-state index in [4.69, 9.17) is 0 Å². The van der Waals surface area contributed by atoms with Crippen LogP contribution < -0.4 is 4.90 Å². The molecule has 1 nitrogen and oxygen atoms in total. The lowest BCUT2D eigenvalue weighted by Crippen LogP contribution is -2.39. The summed E-state index contributed by atoms with van der Waals surface area (Å²) in [7, 11) is 0. The molecule has 102 valence electrons. The molecule has 0 radical (unpaired) electrons. The minimum atomic E-state index is 0.335. The Bertz CT molecular complexity index is 350. The monoisotopic (exact) mass is 265 g/mol. The van der Waals surface area contributed by atoms with E-state index in [0.29, 0.717) is 5.41 Å². The number of benzene rings is 1. The normalized spacial score (nSPS) is 11.6. The summed E-state index contributed by atoms with van der Waals surface area (Å²) in [5.74, 6) is 0.961. The fourth-order valence-corrected chi connectivity index (χ4v) is 2.98. The van der Waals surface area contributed by atoms with Crippen molar-refractivity contribution in [2.75, 3.05) is 23.7 Å². The lowest BCUT2D eigenvalue weighted by molar-refractivity contribution is 0.311. The molecular weight excluding hydrogens is 238 g/mol. The molecule has 18 heavy (non-hydrogen) atoms. The minimum Gasteiger partial charge on any atom is -0.371 e. The predicted molar refractivity (Wildman–Crippen MR) is 85.9 cm³/mol. The lowest BCUT2D eigenvalue weighted by Gasteiger charge is -2.37. The summed E-state index contributed by atoms with van der Waals surface area (Å²) in [5, 5.41) is 0. The lowest BCUT2D eigenvalue weighted by atomic mass is 9.83. The first-order valence-corrected chi connectivity index (χ1v) is 7.67. The summed E-state index contributed by atoms with van der Waals surface area (Å²) in [5.41, 5.74) is 3.06. The third kappa shape index (κ3) is 3.44. The molecule has 0 saturated carbocycles.